The lowest BCUT2D eigenvalue weighted by Gasteiger charge is -2.24. The molecule has 0 aliphatic heterocycles. The molecular formula is C11H12BrNO2S. The third kappa shape index (κ3) is 3.63. The Labute approximate surface area is 107 Å². The first-order valence-corrected chi connectivity index (χ1v) is 6.35. The van der Waals surface area contributed by atoms with E-state index in [2.05, 4.69) is 21.9 Å². The first kappa shape index (κ1) is 13.2. The van der Waals surface area contributed by atoms with E-state index in [0.29, 0.717) is 6.54 Å². The van der Waals surface area contributed by atoms with Crippen molar-refractivity contribution < 1.29 is 9.90 Å². The molecule has 0 aromatic carbocycles. The fraction of sp³-hybridized carbons (Fsp3) is 0.364. The van der Waals surface area contributed by atoms with Gasteiger partial charge in [-0.2, -0.15) is 0 Å². The van der Waals surface area contributed by atoms with Crippen LogP contribution in [0.5, 0.6) is 0 Å². The van der Waals surface area contributed by atoms with Gasteiger partial charge in [-0.1, -0.05) is 5.92 Å². The fourth-order valence-electron chi connectivity index (χ4n) is 1.35. The van der Waals surface area contributed by atoms with E-state index in [-0.39, 0.29) is 12.6 Å². The van der Waals surface area contributed by atoms with E-state index < -0.39 is 5.97 Å². The Morgan fingerprint density at radius 1 is 1.81 bits per heavy atom. The van der Waals surface area contributed by atoms with Gasteiger partial charge in [-0.15, -0.1) is 17.8 Å². The fourth-order valence-corrected chi connectivity index (χ4v) is 2.88. The summed E-state index contributed by atoms with van der Waals surface area (Å²) in [7, 11) is 0. The molecule has 16 heavy (non-hydrogen) atoms. The van der Waals surface area contributed by atoms with Crippen LogP contribution in [0.2, 0.25) is 0 Å². The Bertz CT molecular complexity index is 410. The van der Waals surface area contributed by atoms with Crippen molar-refractivity contribution in [2.75, 3.05) is 13.1 Å². The Morgan fingerprint density at radius 2 is 2.50 bits per heavy atom. The molecule has 1 heterocycles. The van der Waals surface area contributed by atoms with Gasteiger partial charge in [-0.05, 0) is 28.9 Å². The smallest absolute Gasteiger partial charge is 0.317 e. The van der Waals surface area contributed by atoms with E-state index in [1.54, 1.807) is 16.2 Å². The van der Waals surface area contributed by atoms with Gasteiger partial charge in [0.1, 0.15) is 0 Å². The molecule has 1 atom stereocenters. The zero-order valence-electron chi connectivity index (χ0n) is 8.81. The molecule has 1 aromatic rings. The van der Waals surface area contributed by atoms with Crippen LogP contribution < -0.4 is 0 Å². The van der Waals surface area contributed by atoms with Crippen LogP contribution in [0.4, 0.5) is 0 Å². The second-order valence-corrected chi connectivity index (χ2v) is 5.20. The van der Waals surface area contributed by atoms with E-state index >= 15 is 0 Å². The Balaban J connectivity index is 2.78. The molecule has 1 unspecified atom stereocenters. The summed E-state index contributed by atoms with van der Waals surface area (Å²) in [5.74, 6) is 1.62. The molecule has 1 N–H and O–H groups in total. The average molecular weight is 302 g/mol. The molecule has 0 bridgehead atoms. The summed E-state index contributed by atoms with van der Waals surface area (Å²) in [4.78, 5) is 13.6. The molecule has 3 nitrogen and oxygen atoms in total. The summed E-state index contributed by atoms with van der Waals surface area (Å²) in [6, 6.07) is 2.00. The molecule has 0 spiro atoms. The SMILES string of the molecule is C#CCN(CC(=O)O)C(C)c1cc(Br)cs1. The van der Waals surface area contributed by atoms with Crippen LogP contribution in [-0.4, -0.2) is 29.1 Å². The van der Waals surface area contributed by atoms with Gasteiger partial charge in [0.25, 0.3) is 0 Å². The van der Waals surface area contributed by atoms with Crippen LogP contribution >= 0.6 is 27.3 Å². The van der Waals surface area contributed by atoms with Crippen LogP contribution in [-0.2, 0) is 4.79 Å². The van der Waals surface area contributed by atoms with Crippen molar-refractivity contribution in [3.8, 4) is 12.3 Å². The quantitative estimate of drug-likeness (QED) is 0.850. The lowest BCUT2D eigenvalue weighted by molar-refractivity contribution is -0.138. The number of nitrogens with zero attached hydrogens (tertiary/aromatic N) is 1. The maximum Gasteiger partial charge on any atom is 0.317 e. The predicted molar refractivity (Wildman–Crippen MR) is 68.5 cm³/mol. The van der Waals surface area contributed by atoms with Gasteiger partial charge < -0.3 is 5.11 Å². The highest BCUT2D eigenvalue weighted by molar-refractivity contribution is 9.10. The van der Waals surface area contributed by atoms with Gasteiger partial charge in [0.05, 0.1) is 13.1 Å². The molecule has 0 saturated heterocycles. The molecule has 5 heteroatoms. The Morgan fingerprint density at radius 3 is 2.94 bits per heavy atom. The van der Waals surface area contributed by atoms with Crippen molar-refractivity contribution in [2.24, 2.45) is 0 Å². The normalized spacial score (nSPS) is 12.4. The van der Waals surface area contributed by atoms with Crippen molar-refractivity contribution >= 4 is 33.2 Å². The monoisotopic (exact) mass is 301 g/mol. The van der Waals surface area contributed by atoms with Crippen LogP contribution in [0.3, 0.4) is 0 Å². The van der Waals surface area contributed by atoms with E-state index in [9.17, 15) is 4.79 Å². The van der Waals surface area contributed by atoms with Gasteiger partial charge in [-0.3, -0.25) is 9.69 Å². The first-order chi connectivity index (χ1) is 7.54. The molecule has 0 radical (unpaired) electrons. The van der Waals surface area contributed by atoms with Crippen molar-refractivity contribution in [1.29, 1.82) is 0 Å². The van der Waals surface area contributed by atoms with E-state index in [4.69, 9.17) is 11.5 Å². The summed E-state index contributed by atoms with van der Waals surface area (Å²) in [5, 5.41) is 10.8. The van der Waals surface area contributed by atoms with E-state index in [1.165, 1.54) is 0 Å². The largest absolute Gasteiger partial charge is 0.480 e. The maximum absolute atomic E-state index is 10.7. The summed E-state index contributed by atoms with van der Waals surface area (Å²) in [6.07, 6.45) is 5.24. The number of hydrogen-bond donors (Lipinski definition) is 1. The lowest BCUT2D eigenvalue weighted by Crippen LogP contribution is -2.32. The maximum atomic E-state index is 10.7. The van der Waals surface area contributed by atoms with Gasteiger partial charge >= 0.3 is 5.97 Å². The zero-order valence-corrected chi connectivity index (χ0v) is 11.2. The number of carboxylic acid groups (broad SMARTS) is 1. The molecular weight excluding hydrogens is 290 g/mol. The van der Waals surface area contributed by atoms with Crippen molar-refractivity contribution in [3.05, 3.63) is 20.8 Å². The number of thiophene rings is 1. The van der Waals surface area contributed by atoms with Crippen LogP contribution in [0.25, 0.3) is 0 Å². The number of hydrogen-bond acceptors (Lipinski definition) is 3. The van der Waals surface area contributed by atoms with Gasteiger partial charge in [0.15, 0.2) is 0 Å². The Kier molecular flexibility index (Phi) is 5.00. The van der Waals surface area contributed by atoms with Crippen LogP contribution in [0, 0.1) is 12.3 Å². The van der Waals surface area contributed by atoms with E-state index in [1.807, 2.05) is 18.4 Å². The summed E-state index contributed by atoms with van der Waals surface area (Å²) in [6.45, 7) is 2.25. The molecule has 0 fully saturated rings. The topological polar surface area (TPSA) is 40.5 Å². The van der Waals surface area contributed by atoms with Gasteiger partial charge in [0.2, 0.25) is 0 Å². The molecule has 0 amide bonds. The van der Waals surface area contributed by atoms with Gasteiger partial charge in [0, 0.05) is 20.8 Å². The molecule has 0 aliphatic rings. The highest BCUT2D eigenvalue weighted by Gasteiger charge is 2.18. The van der Waals surface area contributed by atoms with Crippen molar-refractivity contribution in [1.82, 2.24) is 4.90 Å². The molecule has 86 valence electrons. The average Bonchev–Trinajstić information content (AvgIpc) is 2.62. The number of halogens is 1. The van der Waals surface area contributed by atoms with Crippen LogP contribution in [0.15, 0.2) is 15.9 Å². The number of rotatable bonds is 5. The number of terminal acetylenes is 1. The summed E-state index contributed by atoms with van der Waals surface area (Å²) in [5.41, 5.74) is 0. The minimum atomic E-state index is -0.863. The molecule has 1 rings (SSSR count). The second-order valence-electron chi connectivity index (χ2n) is 3.35. The van der Waals surface area contributed by atoms with Crippen LogP contribution in [0.1, 0.15) is 17.8 Å². The third-order valence-electron chi connectivity index (χ3n) is 2.18. The third-order valence-corrected chi connectivity index (χ3v) is 4.04. The van der Waals surface area contributed by atoms with E-state index in [0.717, 1.165) is 9.35 Å². The second kappa shape index (κ2) is 6.04. The van der Waals surface area contributed by atoms with Gasteiger partial charge in [-0.25, -0.2) is 0 Å². The highest BCUT2D eigenvalue weighted by Crippen LogP contribution is 2.28. The molecule has 1 aromatic heterocycles. The highest BCUT2D eigenvalue weighted by atomic mass is 79.9. The first-order valence-electron chi connectivity index (χ1n) is 4.68. The molecule has 0 aliphatic carbocycles. The predicted octanol–water partition coefficient (Wildman–Crippen LogP) is 2.59. The van der Waals surface area contributed by atoms with Crippen molar-refractivity contribution in [2.45, 2.75) is 13.0 Å². The number of aliphatic carboxylic acids is 1. The zero-order chi connectivity index (χ0) is 12.1. The molecule has 0 saturated carbocycles. The Hall–Kier alpha value is -0.830. The van der Waals surface area contributed by atoms with Crippen molar-refractivity contribution in [3.63, 3.8) is 0 Å². The standard InChI is InChI=1S/C11H12BrNO2S/c1-3-4-13(6-11(14)15)8(2)10-5-9(12)7-16-10/h1,5,7-8H,4,6H2,2H3,(H,14,15). The number of carbonyl (C=O) groups is 1. The minimum absolute atomic E-state index is 0.0171. The number of carboxylic acids is 1. The lowest BCUT2D eigenvalue weighted by atomic mass is 10.2. The minimum Gasteiger partial charge on any atom is -0.480 e. The summed E-state index contributed by atoms with van der Waals surface area (Å²) < 4.78 is 1.01. The summed E-state index contributed by atoms with van der Waals surface area (Å²) >= 11 is 4.96.